The predicted octanol–water partition coefficient (Wildman–Crippen LogP) is 3.68. The van der Waals surface area contributed by atoms with Crippen LogP contribution in [0.25, 0.3) is 0 Å². The van der Waals surface area contributed by atoms with Gasteiger partial charge in [0.05, 0.1) is 4.90 Å². The molecule has 4 nitrogen and oxygen atoms in total. The van der Waals surface area contributed by atoms with Crippen LogP contribution in [0, 0.1) is 6.92 Å². The van der Waals surface area contributed by atoms with Gasteiger partial charge in [0.25, 0.3) is 0 Å². The molecule has 0 aliphatic carbocycles. The Bertz CT molecular complexity index is 616. The van der Waals surface area contributed by atoms with Gasteiger partial charge in [-0.3, -0.25) is 0 Å². The molecule has 2 rings (SSSR count). The van der Waals surface area contributed by atoms with Crippen molar-refractivity contribution < 1.29 is 8.42 Å². The second-order valence-corrected chi connectivity index (χ2v) is 8.38. The van der Waals surface area contributed by atoms with Crippen molar-refractivity contribution in [2.45, 2.75) is 56.9 Å². The molecule has 1 aromatic carbocycles. The van der Waals surface area contributed by atoms with Gasteiger partial charge in [-0.15, -0.1) is 0 Å². The summed E-state index contributed by atoms with van der Waals surface area (Å²) in [7, 11) is -3.48. The van der Waals surface area contributed by atoms with Crippen molar-refractivity contribution in [3.05, 3.63) is 22.2 Å². The van der Waals surface area contributed by atoms with Crippen LogP contribution in [0.4, 0.5) is 5.69 Å². The van der Waals surface area contributed by atoms with Gasteiger partial charge in [0.2, 0.25) is 10.0 Å². The first-order valence-electron chi connectivity index (χ1n) is 7.45. The SMILES string of the molecule is CCC1CCCCCN1S(=O)(=O)c1cc(N)c(Br)cc1C. The Hall–Kier alpha value is -0.590. The van der Waals surface area contributed by atoms with E-state index in [1.807, 2.05) is 6.92 Å². The zero-order valence-corrected chi connectivity index (χ0v) is 15.0. The maximum absolute atomic E-state index is 13.0. The van der Waals surface area contributed by atoms with Crippen molar-refractivity contribution in [3.8, 4) is 0 Å². The van der Waals surface area contributed by atoms with Gasteiger partial charge in [-0.25, -0.2) is 8.42 Å². The van der Waals surface area contributed by atoms with E-state index in [1.165, 1.54) is 0 Å². The fourth-order valence-electron chi connectivity index (χ4n) is 2.95. The van der Waals surface area contributed by atoms with Gasteiger partial charge in [0.1, 0.15) is 0 Å². The van der Waals surface area contributed by atoms with E-state index in [-0.39, 0.29) is 6.04 Å². The monoisotopic (exact) mass is 374 g/mol. The molecule has 1 aliphatic rings. The van der Waals surface area contributed by atoms with Crippen LogP contribution in [0.2, 0.25) is 0 Å². The lowest BCUT2D eigenvalue weighted by Crippen LogP contribution is -2.39. The highest BCUT2D eigenvalue weighted by Gasteiger charge is 2.32. The summed E-state index contributed by atoms with van der Waals surface area (Å²) in [5.41, 5.74) is 7.08. The summed E-state index contributed by atoms with van der Waals surface area (Å²) in [4.78, 5) is 0.337. The second kappa shape index (κ2) is 6.67. The number of nitrogens with zero attached hydrogens (tertiary/aromatic N) is 1. The lowest BCUT2D eigenvalue weighted by Gasteiger charge is -2.29. The summed E-state index contributed by atoms with van der Waals surface area (Å²) in [6, 6.07) is 3.45. The topological polar surface area (TPSA) is 63.4 Å². The number of hydrogen-bond acceptors (Lipinski definition) is 3. The molecule has 1 aromatic rings. The number of anilines is 1. The third kappa shape index (κ3) is 3.43. The van der Waals surface area contributed by atoms with Crippen LogP contribution in [0.15, 0.2) is 21.5 Å². The van der Waals surface area contributed by atoms with Crippen molar-refractivity contribution in [3.63, 3.8) is 0 Å². The van der Waals surface area contributed by atoms with E-state index in [2.05, 4.69) is 22.9 Å². The number of benzene rings is 1. The zero-order chi connectivity index (χ0) is 15.6. The Morgan fingerprint density at radius 3 is 2.71 bits per heavy atom. The predicted molar refractivity (Wildman–Crippen MR) is 89.7 cm³/mol. The first kappa shape index (κ1) is 16.8. The molecule has 1 fully saturated rings. The van der Waals surface area contributed by atoms with Crippen molar-refractivity contribution in [1.82, 2.24) is 4.31 Å². The summed E-state index contributed by atoms with van der Waals surface area (Å²) in [5.74, 6) is 0. The largest absolute Gasteiger partial charge is 0.398 e. The molecule has 6 heteroatoms. The van der Waals surface area contributed by atoms with Crippen LogP contribution in [0.5, 0.6) is 0 Å². The Morgan fingerprint density at radius 2 is 2.05 bits per heavy atom. The maximum atomic E-state index is 13.0. The highest BCUT2D eigenvalue weighted by molar-refractivity contribution is 9.10. The highest BCUT2D eigenvalue weighted by atomic mass is 79.9. The summed E-state index contributed by atoms with van der Waals surface area (Å²) >= 11 is 3.35. The summed E-state index contributed by atoms with van der Waals surface area (Å²) in [5, 5.41) is 0. The number of nitrogens with two attached hydrogens (primary N) is 1. The minimum Gasteiger partial charge on any atom is -0.398 e. The first-order valence-corrected chi connectivity index (χ1v) is 9.68. The molecular weight excluding hydrogens is 352 g/mol. The van der Waals surface area contributed by atoms with E-state index in [0.29, 0.717) is 17.1 Å². The summed E-state index contributed by atoms with van der Waals surface area (Å²) in [6.45, 7) is 4.48. The van der Waals surface area contributed by atoms with E-state index in [9.17, 15) is 8.42 Å². The second-order valence-electron chi connectivity index (χ2n) is 5.67. The van der Waals surface area contributed by atoms with Crippen LogP contribution in [0.3, 0.4) is 0 Å². The van der Waals surface area contributed by atoms with Crippen LogP contribution in [0.1, 0.15) is 44.6 Å². The van der Waals surface area contributed by atoms with E-state index in [0.717, 1.165) is 42.1 Å². The third-order valence-electron chi connectivity index (χ3n) is 4.18. The number of hydrogen-bond donors (Lipinski definition) is 1. The van der Waals surface area contributed by atoms with Crippen LogP contribution < -0.4 is 5.73 Å². The molecule has 0 bridgehead atoms. The number of nitrogen functional groups attached to an aromatic ring is 1. The van der Waals surface area contributed by atoms with E-state index >= 15 is 0 Å². The number of sulfonamides is 1. The fourth-order valence-corrected chi connectivity index (χ4v) is 5.42. The van der Waals surface area contributed by atoms with Gasteiger partial charge in [-0.05, 0) is 59.8 Å². The molecule has 1 saturated heterocycles. The highest BCUT2D eigenvalue weighted by Crippen LogP contribution is 2.31. The molecule has 1 heterocycles. The van der Waals surface area contributed by atoms with Crippen LogP contribution in [-0.4, -0.2) is 25.3 Å². The molecule has 0 spiro atoms. The fraction of sp³-hybridized carbons (Fsp3) is 0.600. The number of halogens is 1. The molecule has 1 atom stereocenters. The van der Waals surface area contributed by atoms with E-state index < -0.39 is 10.0 Å². The van der Waals surface area contributed by atoms with Crippen molar-refractivity contribution in [2.24, 2.45) is 0 Å². The Kier molecular flexibility index (Phi) is 5.33. The average molecular weight is 375 g/mol. The molecular formula is C15H23BrN2O2S. The molecule has 0 amide bonds. The third-order valence-corrected chi connectivity index (χ3v) is 6.96. The van der Waals surface area contributed by atoms with Gasteiger partial charge < -0.3 is 5.73 Å². The molecule has 0 saturated carbocycles. The van der Waals surface area contributed by atoms with Crippen molar-refractivity contribution in [1.29, 1.82) is 0 Å². The van der Waals surface area contributed by atoms with E-state index in [4.69, 9.17) is 5.73 Å². The average Bonchev–Trinajstić information content (AvgIpc) is 2.68. The van der Waals surface area contributed by atoms with Crippen LogP contribution in [-0.2, 0) is 10.0 Å². The molecule has 0 radical (unpaired) electrons. The standard InChI is InChI=1S/C15H23BrN2O2S/c1-3-12-7-5-4-6-8-18(12)21(19,20)15-10-14(17)13(16)9-11(15)2/h9-10,12H,3-8,17H2,1-2H3. The lowest BCUT2D eigenvalue weighted by molar-refractivity contribution is 0.315. The first-order chi connectivity index (χ1) is 9.87. The smallest absolute Gasteiger partial charge is 0.243 e. The minimum absolute atomic E-state index is 0.0989. The number of rotatable bonds is 3. The number of aryl methyl sites for hydroxylation is 1. The molecule has 21 heavy (non-hydrogen) atoms. The quantitative estimate of drug-likeness (QED) is 0.820. The van der Waals surface area contributed by atoms with Gasteiger partial charge >= 0.3 is 0 Å². The van der Waals surface area contributed by atoms with Gasteiger partial charge in [-0.1, -0.05) is 19.8 Å². The summed E-state index contributed by atoms with van der Waals surface area (Å²) in [6.07, 6.45) is 4.93. The molecule has 1 unspecified atom stereocenters. The minimum atomic E-state index is -3.48. The molecule has 1 aliphatic heterocycles. The lowest BCUT2D eigenvalue weighted by atomic mass is 10.1. The summed E-state index contributed by atoms with van der Waals surface area (Å²) < 4.78 is 28.5. The van der Waals surface area contributed by atoms with E-state index in [1.54, 1.807) is 16.4 Å². The molecule has 0 aromatic heterocycles. The normalized spacial score (nSPS) is 21.2. The van der Waals surface area contributed by atoms with Crippen molar-refractivity contribution in [2.75, 3.05) is 12.3 Å². The molecule has 2 N–H and O–H groups in total. The molecule has 118 valence electrons. The zero-order valence-electron chi connectivity index (χ0n) is 12.6. The Balaban J connectivity index is 2.47. The van der Waals surface area contributed by atoms with Gasteiger partial charge in [0, 0.05) is 22.7 Å². The maximum Gasteiger partial charge on any atom is 0.243 e. The Morgan fingerprint density at radius 1 is 1.33 bits per heavy atom. The van der Waals surface area contributed by atoms with Crippen LogP contribution >= 0.6 is 15.9 Å². The van der Waals surface area contributed by atoms with Gasteiger partial charge in [0.15, 0.2) is 0 Å². The van der Waals surface area contributed by atoms with Gasteiger partial charge in [-0.2, -0.15) is 4.31 Å². The Labute approximate surface area is 135 Å². The van der Waals surface area contributed by atoms with Crippen molar-refractivity contribution >= 4 is 31.6 Å².